The first kappa shape index (κ1) is 13.3. The van der Waals surface area contributed by atoms with Crippen molar-refractivity contribution >= 4 is 15.9 Å². The molecule has 0 amide bonds. The molecule has 1 atom stereocenters. The maximum absolute atomic E-state index is 10.5. The molecule has 0 saturated carbocycles. The van der Waals surface area contributed by atoms with Gasteiger partial charge in [0.15, 0.2) is 0 Å². The maximum Gasteiger partial charge on any atom is 0.0871 e. The molecule has 1 heterocycles. The molecule has 18 heavy (non-hydrogen) atoms. The summed E-state index contributed by atoms with van der Waals surface area (Å²) < 4.78 is 2.80. The molecule has 96 valence electrons. The monoisotopic (exact) mass is 308 g/mol. The predicted octanol–water partition coefficient (Wildman–Crippen LogP) is 3.02. The zero-order valence-electron chi connectivity index (χ0n) is 10.6. The Labute approximate surface area is 116 Å². The first-order valence-electron chi connectivity index (χ1n) is 5.93. The summed E-state index contributed by atoms with van der Waals surface area (Å²) in [6.07, 6.45) is 5.33. The zero-order valence-corrected chi connectivity index (χ0v) is 12.2. The lowest BCUT2D eigenvalue weighted by Gasteiger charge is -2.23. The van der Waals surface area contributed by atoms with E-state index >= 15 is 0 Å². The molecule has 1 aromatic carbocycles. The third kappa shape index (κ3) is 3.21. The standard InChI is InChI=1S/C14H17BrN2O/c1-14(18,12-3-5-13(15)6-4-12)8-7-11-9-16-17(2)10-11/h3-6,9-10,18H,7-8H2,1-2H3. The fourth-order valence-electron chi connectivity index (χ4n) is 1.94. The zero-order chi connectivity index (χ0) is 13.2. The van der Waals surface area contributed by atoms with Crippen LogP contribution in [0.2, 0.25) is 0 Å². The minimum atomic E-state index is -0.809. The Morgan fingerprint density at radius 3 is 2.56 bits per heavy atom. The van der Waals surface area contributed by atoms with E-state index in [1.807, 2.05) is 50.6 Å². The van der Waals surface area contributed by atoms with Gasteiger partial charge in [-0.3, -0.25) is 4.68 Å². The van der Waals surface area contributed by atoms with E-state index in [2.05, 4.69) is 21.0 Å². The first-order valence-corrected chi connectivity index (χ1v) is 6.73. The summed E-state index contributed by atoms with van der Waals surface area (Å²) in [5, 5.41) is 14.6. The van der Waals surface area contributed by atoms with Crippen molar-refractivity contribution in [1.82, 2.24) is 9.78 Å². The van der Waals surface area contributed by atoms with Crippen molar-refractivity contribution in [2.75, 3.05) is 0 Å². The van der Waals surface area contributed by atoms with Gasteiger partial charge in [-0.1, -0.05) is 28.1 Å². The highest BCUT2D eigenvalue weighted by Gasteiger charge is 2.22. The van der Waals surface area contributed by atoms with E-state index < -0.39 is 5.60 Å². The van der Waals surface area contributed by atoms with E-state index in [1.54, 1.807) is 4.68 Å². The quantitative estimate of drug-likeness (QED) is 0.943. The average Bonchev–Trinajstić information content (AvgIpc) is 2.73. The lowest BCUT2D eigenvalue weighted by atomic mass is 9.90. The molecule has 3 nitrogen and oxygen atoms in total. The Morgan fingerprint density at radius 1 is 1.33 bits per heavy atom. The van der Waals surface area contributed by atoms with Crippen LogP contribution >= 0.6 is 15.9 Å². The van der Waals surface area contributed by atoms with Gasteiger partial charge in [0.05, 0.1) is 11.8 Å². The molecule has 0 spiro atoms. The number of halogens is 1. The summed E-state index contributed by atoms with van der Waals surface area (Å²) in [6, 6.07) is 7.81. The summed E-state index contributed by atoms with van der Waals surface area (Å²) in [6.45, 7) is 1.85. The fraction of sp³-hybridized carbons (Fsp3) is 0.357. The van der Waals surface area contributed by atoms with Gasteiger partial charge in [-0.2, -0.15) is 5.10 Å². The SMILES string of the molecule is Cn1cc(CCC(C)(O)c2ccc(Br)cc2)cn1. The smallest absolute Gasteiger partial charge is 0.0871 e. The normalized spacial score (nSPS) is 14.4. The van der Waals surface area contributed by atoms with Crippen molar-refractivity contribution < 1.29 is 5.11 Å². The molecule has 1 aromatic heterocycles. The second-order valence-corrected chi connectivity index (χ2v) is 5.72. The van der Waals surface area contributed by atoms with E-state index in [0.717, 1.165) is 22.0 Å². The summed E-state index contributed by atoms with van der Waals surface area (Å²) in [4.78, 5) is 0. The number of rotatable bonds is 4. The molecule has 2 aromatic rings. The predicted molar refractivity (Wildman–Crippen MR) is 75.2 cm³/mol. The Morgan fingerprint density at radius 2 is 2.00 bits per heavy atom. The number of hydrogen-bond donors (Lipinski definition) is 1. The van der Waals surface area contributed by atoms with Crippen LogP contribution in [0.3, 0.4) is 0 Å². The Bertz CT molecular complexity index is 517. The van der Waals surface area contributed by atoms with E-state index in [9.17, 15) is 5.11 Å². The molecule has 1 N–H and O–H groups in total. The molecular formula is C14H17BrN2O. The van der Waals surface area contributed by atoms with Crippen LogP contribution in [0, 0.1) is 0 Å². The van der Waals surface area contributed by atoms with Crippen LogP contribution in [0.4, 0.5) is 0 Å². The second-order valence-electron chi connectivity index (χ2n) is 4.80. The van der Waals surface area contributed by atoms with Crippen molar-refractivity contribution in [3.8, 4) is 0 Å². The third-order valence-corrected chi connectivity index (χ3v) is 3.65. The molecule has 0 bridgehead atoms. The van der Waals surface area contributed by atoms with Gasteiger partial charge in [0, 0.05) is 17.7 Å². The Hall–Kier alpha value is -1.13. The highest BCUT2D eigenvalue weighted by atomic mass is 79.9. The van der Waals surface area contributed by atoms with Crippen LogP contribution in [-0.4, -0.2) is 14.9 Å². The molecule has 0 aliphatic carbocycles. The topological polar surface area (TPSA) is 38.0 Å². The van der Waals surface area contributed by atoms with Gasteiger partial charge in [0.25, 0.3) is 0 Å². The second kappa shape index (κ2) is 5.24. The van der Waals surface area contributed by atoms with Gasteiger partial charge in [-0.05, 0) is 43.0 Å². The number of aromatic nitrogens is 2. The molecule has 2 rings (SSSR count). The third-order valence-electron chi connectivity index (χ3n) is 3.12. The van der Waals surface area contributed by atoms with Crippen LogP contribution in [0.5, 0.6) is 0 Å². The molecule has 0 aliphatic rings. The molecule has 4 heteroatoms. The number of nitrogens with zero attached hydrogens (tertiary/aromatic N) is 2. The Kier molecular flexibility index (Phi) is 3.88. The van der Waals surface area contributed by atoms with E-state index in [1.165, 1.54) is 0 Å². The van der Waals surface area contributed by atoms with Crippen LogP contribution in [0.25, 0.3) is 0 Å². The number of hydrogen-bond acceptors (Lipinski definition) is 2. The fourth-order valence-corrected chi connectivity index (χ4v) is 2.21. The number of aryl methyl sites for hydroxylation is 2. The van der Waals surface area contributed by atoms with Crippen molar-refractivity contribution in [3.63, 3.8) is 0 Å². The van der Waals surface area contributed by atoms with Crippen LogP contribution in [0.15, 0.2) is 41.1 Å². The van der Waals surface area contributed by atoms with Crippen LogP contribution in [-0.2, 0) is 19.1 Å². The highest BCUT2D eigenvalue weighted by Crippen LogP contribution is 2.27. The lowest BCUT2D eigenvalue weighted by molar-refractivity contribution is 0.0480. The molecule has 0 aliphatic heterocycles. The van der Waals surface area contributed by atoms with Crippen molar-refractivity contribution in [2.24, 2.45) is 7.05 Å². The van der Waals surface area contributed by atoms with E-state index in [4.69, 9.17) is 0 Å². The summed E-state index contributed by atoms with van der Waals surface area (Å²) in [7, 11) is 1.90. The number of benzene rings is 1. The maximum atomic E-state index is 10.5. The lowest BCUT2D eigenvalue weighted by Crippen LogP contribution is -2.21. The largest absolute Gasteiger partial charge is 0.385 e. The van der Waals surface area contributed by atoms with Gasteiger partial charge in [-0.25, -0.2) is 0 Å². The van der Waals surface area contributed by atoms with Crippen LogP contribution in [0.1, 0.15) is 24.5 Å². The first-order chi connectivity index (χ1) is 8.47. The Balaban J connectivity index is 2.04. The summed E-state index contributed by atoms with van der Waals surface area (Å²) in [5.41, 5.74) is 1.28. The van der Waals surface area contributed by atoms with Gasteiger partial charge < -0.3 is 5.11 Å². The van der Waals surface area contributed by atoms with E-state index in [-0.39, 0.29) is 0 Å². The molecule has 0 saturated heterocycles. The number of aliphatic hydroxyl groups is 1. The van der Waals surface area contributed by atoms with Gasteiger partial charge in [0.2, 0.25) is 0 Å². The summed E-state index contributed by atoms with van der Waals surface area (Å²) >= 11 is 3.40. The molecular weight excluding hydrogens is 292 g/mol. The molecule has 0 radical (unpaired) electrons. The van der Waals surface area contributed by atoms with Crippen molar-refractivity contribution in [3.05, 3.63) is 52.3 Å². The summed E-state index contributed by atoms with van der Waals surface area (Å²) in [5.74, 6) is 0. The van der Waals surface area contributed by atoms with E-state index in [0.29, 0.717) is 6.42 Å². The molecule has 1 unspecified atom stereocenters. The van der Waals surface area contributed by atoms with Gasteiger partial charge >= 0.3 is 0 Å². The molecule has 0 fully saturated rings. The average molecular weight is 309 g/mol. The van der Waals surface area contributed by atoms with Crippen molar-refractivity contribution in [2.45, 2.75) is 25.4 Å². The van der Waals surface area contributed by atoms with Gasteiger partial charge in [-0.15, -0.1) is 0 Å². The minimum Gasteiger partial charge on any atom is -0.385 e. The van der Waals surface area contributed by atoms with Crippen LogP contribution < -0.4 is 0 Å². The highest BCUT2D eigenvalue weighted by molar-refractivity contribution is 9.10. The van der Waals surface area contributed by atoms with Gasteiger partial charge in [0.1, 0.15) is 0 Å². The van der Waals surface area contributed by atoms with Crippen molar-refractivity contribution in [1.29, 1.82) is 0 Å². The minimum absolute atomic E-state index is 0.681.